The van der Waals surface area contributed by atoms with Crippen molar-refractivity contribution in [3.05, 3.63) is 0 Å². The normalized spacial score (nSPS) is 18.4. The number of thioether (sulfide) groups is 1. The van der Waals surface area contributed by atoms with E-state index in [9.17, 15) is 4.79 Å². The third kappa shape index (κ3) is 5.04. The summed E-state index contributed by atoms with van der Waals surface area (Å²) >= 11 is 2.04. The molecule has 2 heteroatoms. The van der Waals surface area contributed by atoms with Gasteiger partial charge >= 0.3 is 0 Å². The second kappa shape index (κ2) is 7.33. The summed E-state index contributed by atoms with van der Waals surface area (Å²) in [6.07, 6.45) is 7.77. The first-order valence-electron chi connectivity index (χ1n) is 5.92. The summed E-state index contributed by atoms with van der Waals surface area (Å²) in [7, 11) is 0. The number of rotatable bonds is 6. The standard InChI is InChI=1S/C12H22OS/c1-2-3-4-5-12(13)10-11-6-8-14-9-7-11/h11H,2-10H2,1H3. The van der Waals surface area contributed by atoms with Gasteiger partial charge in [-0.15, -0.1) is 0 Å². The predicted molar refractivity (Wildman–Crippen MR) is 63.8 cm³/mol. The van der Waals surface area contributed by atoms with Crippen LogP contribution in [0.4, 0.5) is 0 Å². The molecule has 0 aromatic rings. The Bertz CT molecular complexity index is 162. The zero-order valence-electron chi connectivity index (χ0n) is 9.26. The molecule has 0 bridgehead atoms. The van der Waals surface area contributed by atoms with Crippen molar-refractivity contribution in [2.24, 2.45) is 5.92 Å². The van der Waals surface area contributed by atoms with E-state index in [2.05, 4.69) is 6.92 Å². The average molecular weight is 214 g/mol. The second-order valence-corrected chi connectivity index (χ2v) is 5.48. The van der Waals surface area contributed by atoms with Crippen molar-refractivity contribution in [1.29, 1.82) is 0 Å². The highest BCUT2D eigenvalue weighted by molar-refractivity contribution is 7.99. The quantitative estimate of drug-likeness (QED) is 0.628. The molecule has 1 fully saturated rings. The fourth-order valence-corrected chi connectivity index (χ4v) is 3.15. The maximum absolute atomic E-state index is 11.6. The SMILES string of the molecule is CCCCCC(=O)CC1CCSCC1. The lowest BCUT2D eigenvalue weighted by Crippen LogP contribution is -2.14. The Balaban J connectivity index is 2.06. The van der Waals surface area contributed by atoms with Gasteiger partial charge in [0.15, 0.2) is 0 Å². The van der Waals surface area contributed by atoms with Gasteiger partial charge in [-0.2, -0.15) is 11.8 Å². The van der Waals surface area contributed by atoms with Crippen molar-refractivity contribution >= 4 is 17.5 Å². The smallest absolute Gasteiger partial charge is 0.133 e. The van der Waals surface area contributed by atoms with Crippen LogP contribution in [0.5, 0.6) is 0 Å². The molecule has 82 valence electrons. The van der Waals surface area contributed by atoms with E-state index in [4.69, 9.17) is 0 Å². The second-order valence-electron chi connectivity index (χ2n) is 4.26. The number of carbonyl (C=O) groups is 1. The number of unbranched alkanes of at least 4 members (excludes halogenated alkanes) is 2. The molecule has 1 heterocycles. The maximum atomic E-state index is 11.6. The van der Waals surface area contributed by atoms with Crippen LogP contribution >= 0.6 is 11.8 Å². The van der Waals surface area contributed by atoms with Crippen molar-refractivity contribution in [1.82, 2.24) is 0 Å². The minimum absolute atomic E-state index is 0.510. The molecule has 1 aliphatic heterocycles. The molecule has 1 aliphatic rings. The average Bonchev–Trinajstić information content (AvgIpc) is 2.20. The van der Waals surface area contributed by atoms with Gasteiger partial charge in [-0.1, -0.05) is 19.8 Å². The molecule has 0 N–H and O–H groups in total. The molecule has 0 saturated carbocycles. The van der Waals surface area contributed by atoms with E-state index in [1.807, 2.05) is 11.8 Å². The molecule has 14 heavy (non-hydrogen) atoms. The Labute approximate surface area is 92.0 Å². The van der Waals surface area contributed by atoms with Crippen LogP contribution in [0, 0.1) is 5.92 Å². The summed E-state index contributed by atoms with van der Waals surface area (Å²) in [4.78, 5) is 11.6. The number of hydrogen-bond acceptors (Lipinski definition) is 2. The van der Waals surface area contributed by atoms with Gasteiger partial charge in [0.2, 0.25) is 0 Å². The minimum atomic E-state index is 0.510. The molecule has 1 saturated heterocycles. The van der Waals surface area contributed by atoms with E-state index >= 15 is 0 Å². The van der Waals surface area contributed by atoms with Gasteiger partial charge in [0.1, 0.15) is 5.78 Å². The molecule has 0 spiro atoms. The van der Waals surface area contributed by atoms with Crippen molar-refractivity contribution in [2.45, 2.75) is 51.9 Å². The number of hydrogen-bond donors (Lipinski definition) is 0. The van der Waals surface area contributed by atoms with Crippen molar-refractivity contribution < 1.29 is 4.79 Å². The molecule has 0 aromatic carbocycles. The van der Waals surface area contributed by atoms with Crippen LogP contribution in [0.2, 0.25) is 0 Å². The maximum Gasteiger partial charge on any atom is 0.133 e. The molecule has 0 atom stereocenters. The zero-order chi connectivity index (χ0) is 10.2. The first-order valence-corrected chi connectivity index (χ1v) is 7.08. The van der Waals surface area contributed by atoms with Gasteiger partial charge in [-0.25, -0.2) is 0 Å². The molecular formula is C12H22OS. The van der Waals surface area contributed by atoms with Gasteiger partial charge in [0.25, 0.3) is 0 Å². The van der Waals surface area contributed by atoms with E-state index in [1.165, 1.54) is 37.2 Å². The molecule has 0 radical (unpaired) electrons. The van der Waals surface area contributed by atoms with E-state index in [-0.39, 0.29) is 0 Å². The van der Waals surface area contributed by atoms with E-state index < -0.39 is 0 Å². The molecule has 1 nitrogen and oxygen atoms in total. The molecule has 0 amide bonds. The minimum Gasteiger partial charge on any atom is -0.300 e. The predicted octanol–water partition coefficient (Wildman–Crippen LogP) is 3.67. The zero-order valence-corrected chi connectivity index (χ0v) is 10.1. The first kappa shape index (κ1) is 12.1. The molecule has 0 unspecified atom stereocenters. The van der Waals surface area contributed by atoms with Crippen LogP contribution < -0.4 is 0 Å². The van der Waals surface area contributed by atoms with Crippen molar-refractivity contribution in [3.63, 3.8) is 0 Å². The third-order valence-electron chi connectivity index (χ3n) is 2.92. The van der Waals surface area contributed by atoms with Gasteiger partial charge in [0, 0.05) is 12.8 Å². The Morgan fingerprint density at radius 1 is 1.29 bits per heavy atom. The Morgan fingerprint density at radius 3 is 2.64 bits per heavy atom. The van der Waals surface area contributed by atoms with E-state index in [0.717, 1.165) is 19.3 Å². The highest BCUT2D eigenvalue weighted by Gasteiger charge is 2.16. The van der Waals surface area contributed by atoms with Gasteiger partial charge < -0.3 is 0 Å². The molecular weight excluding hydrogens is 192 g/mol. The van der Waals surface area contributed by atoms with Crippen molar-refractivity contribution in [2.75, 3.05) is 11.5 Å². The summed E-state index contributed by atoms with van der Waals surface area (Å²) < 4.78 is 0. The fourth-order valence-electron chi connectivity index (χ4n) is 1.95. The van der Waals surface area contributed by atoms with Crippen LogP contribution in [-0.2, 0) is 4.79 Å². The molecule has 0 aliphatic carbocycles. The topological polar surface area (TPSA) is 17.1 Å². The van der Waals surface area contributed by atoms with E-state index in [1.54, 1.807) is 0 Å². The molecule has 0 aromatic heterocycles. The molecule has 1 rings (SSSR count). The van der Waals surface area contributed by atoms with Crippen LogP contribution in [0.25, 0.3) is 0 Å². The van der Waals surface area contributed by atoms with E-state index in [0.29, 0.717) is 11.7 Å². The van der Waals surface area contributed by atoms with Gasteiger partial charge in [0.05, 0.1) is 0 Å². The summed E-state index contributed by atoms with van der Waals surface area (Å²) in [5.41, 5.74) is 0. The summed E-state index contributed by atoms with van der Waals surface area (Å²) in [5.74, 6) is 3.76. The summed E-state index contributed by atoms with van der Waals surface area (Å²) in [6, 6.07) is 0. The van der Waals surface area contributed by atoms with Crippen LogP contribution in [0.3, 0.4) is 0 Å². The summed E-state index contributed by atoms with van der Waals surface area (Å²) in [6.45, 7) is 2.18. The largest absolute Gasteiger partial charge is 0.300 e. The monoisotopic (exact) mass is 214 g/mol. The van der Waals surface area contributed by atoms with Crippen LogP contribution in [0.15, 0.2) is 0 Å². The lowest BCUT2D eigenvalue weighted by molar-refractivity contribution is -0.120. The highest BCUT2D eigenvalue weighted by atomic mass is 32.2. The fraction of sp³-hybridized carbons (Fsp3) is 0.917. The highest BCUT2D eigenvalue weighted by Crippen LogP contribution is 2.25. The summed E-state index contributed by atoms with van der Waals surface area (Å²) in [5, 5.41) is 0. The van der Waals surface area contributed by atoms with Crippen molar-refractivity contribution in [3.8, 4) is 0 Å². The number of carbonyl (C=O) groups excluding carboxylic acids is 1. The number of Topliss-reactive ketones (excluding diaryl/α,β-unsaturated/α-hetero) is 1. The lowest BCUT2D eigenvalue weighted by Gasteiger charge is -2.20. The Morgan fingerprint density at radius 2 is 2.00 bits per heavy atom. The Kier molecular flexibility index (Phi) is 6.33. The first-order chi connectivity index (χ1) is 6.83. The lowest BCUT2D eigenvalue weighted by atomic mass is 9.94. The third-order valence-corrected chi connectivity index (χ3v) is 3.97. The van der Waals surface area contributed by atoms with Crippen LogP contribution in [-0.4, -0.2) is 17.3 Å². The Hall–Kier alpha value is 0.0200. The number of ketones is 1. The van der Waals surface area contributed by atoms with Gasteiger partial charge in [-0.3, -0.25) is 4.79 Å². The van der Waals surface area contributed by atoms with Gasteiger partial charge in [-0.05, 0) is 36.7 Å². The van der Waals surface area contributed by atoms with Crippen LogP contribution in [0.1, 0.15) is 51.9 Å².